The standard InChI is InChI=1S/C9H9FO/c1-6(2)7-3-4-9(11)8(10)5-7/h3-5,11H,1H2,2H3. The van der Waals surface area contributed by atoms with E-state index in [0.717, 1.165) is 5.57 Å². The van der Waals surface area contributed by atoms with E-state index in [-0.39, 0.29) is 5.75 Å². The zero-order valence-corrected chi connectivity index (χ0v) is 6.26. The molecule has 0 aliphatic rings. The topological polar surface area (TPSA) is 20.2 Å². The van der Waals surface area contributed by atoms with Crippen LogP contribution in [0.15, 0.2) is 24.8 Å². The third kappa shape index (κ3) is 1.58. The largest absolute Gasteiger partial charge is 0.505 e. The summed E-state index contributed by atoms with van der Waals surface area (Å²) in [6, 6.07) is 4.21. The Morgan fingerprint density at radius 1 is 1.55 bits per heavy atom. The molecular weight excluding hydrogens is 143 g/mol. The summed E-state index contributed by atoms with van der Waals surface area (Å²) in [6.07, 6.45) is 0. The quantitative estimate of drug-likeness (QED) is 0.655. The number of hydrogen-bond acceptors (Lipinski definition) is 1. The Morgan fingerprint density at radius 2 is 2.18 bits per heavy atom. The van der Waals surface area contributed by atoms with Crippen LogP contribution in [0.25, 0.3) is 5.57 Å². The van der Waals surface area contributed by atoms with Gasteiger partial charge >= 0.3 is 0 Å². The fraction of sp³-hybridized carbons (Fsp3) is 0.111. The summed E-state index contributed by atoms with van der Waals surface area (Å²) in [4.78, 5) is 0. The average Bonchev–Trinajstić information content (AvgIpc) is 1.94. The highest BCUT2D eigenvalue weighted by Gasteiger charge is 2.00. The van der Waals surface area contributed by atoms with Gasteiger partial charge in [-0.25, -0.2) is 4.39 Å². The van der Waals surface area contributed by atoms with Crippen LogP contribution in [0.1, 0.15) is 12.5 Å². The molecule has 11 heavy (non-hydrogen) atoms. The fourth-order valence-corrected chi connectivity index (χ4v) is 0.772. The van der Waals surface area contributed by atoms with Gasteiger partial charge in [-0.1, -0.05) is 18.2 Å². The molecule has 0 fully saturated rings. The number of allylic oxidation sites excluding steroid dienone is 1. The lowest BCUT2D eigenvalue weighted by Crippen LogP contribution is -1.81. The van der Waals surface area contributed by atoms with Crippen LogP contribution in [0, 0.1) is 5.82 Å². The zero-order valence-electron chi connectivity index (χ0n) is 6.26. The normalized spacial score (nSPS) is 9.64. The smallest absolute Gasteiger partial charge is 0.165 e. The molecule has 1 aromatic carbocycles. The van der Waals surface area contributed by atoms with E-state index in [1.807, 2.05) is 0 Å². The minimum absolute atomic E-state index is 0.324. The zero-order chi connectivity index (χ0) is 8.43. The van der Waals surface area contributed by atoms with Gasteiger partial charge in [0.2, 0.25) is 0 Å². The molecule has 0 heterocycles. The highest BCUT2D eigenvalue weighted by molar-refractivity contribution is 5.61. The molecule has 0 unspecified atom stereocenters. The van der Waals surface area contributed by atoms with Crippen LogP contribution in [0.2, 0.25) is 0 Å². The van der Waals surface area contributed by atoms with E-state index in [4.69, 9.17) is 5.11 Å². The summed E-state index contributed by atoms with van der Waals surface area (Å²) in [5.74, 6) is -0.930. The van der Waals surface area contributed by atoms with Gasteiger partial charge in [0.05, 0.1) is 0 Å². The van der Waals surface area contributed by atoms with Gasteiger partial charge in [-0.3, -0.25) is 0 Å². The number of aromatic hydroxyl groups is 1. The Kier molecular flexibility index (Phi) is 1.94. The van der Waals surface area contributed by atoms with Crippen molar-refractivity contribution in [2.24, 2.45) is 0 Å². The summed E-state index contributed by atoms with van der Waals surface area (Å²) in [7, 11) is 0. The Labute approximate surface area is 64.8 Å². The van der Waals surface area contributed by atoms with Crippen molar-refractivity contribution in [3.8, 4) is 5.75 Å². The lowest BCUT2D eigenvalue weighted by atomic mass is 10.1. The third-order valence-electron chi connectivity index (χ3n) is 1.44. The highest BCUT2D eigenvalue weighted by atomic mass is 19.1. The Hall–Kier alpha value is -1.31. The van der Waals surface area contributed by atoms with Gasteiger partial charge in [-0.05, 0) is 24.6 Å². The fourth-order valence-electron chi connectivity index (χ4n) is 0.772. The molecule has 0 saturated carbocycles. The lowest BCUT2D eigenvalue weighted by Gasteiger charge is -1.99. The molecule has 0 spiro atoms. The van der Waals surface area contributed by atoms with Gasteiger partial charge < -0.3 is 5.11 Å². The molecular formula is C9H9FO. The first kappa shape index (κ1) is 7.79. The van der Waals surface area contributed by atoms with E-state index < -0.39 is 5.82 Å². The van der Waals surface area contributed by atoms with E-state index in [1.165, 1.54) is 12.1 Å². The first-order valence-electron chi connectivity index (χ1n) is 3.25. The van der Waals surface area contributed by atoms with Crippen molar-refractivity contribution in [3.63, 3.8) is 0 Å². The molecule has 1 nitrogen and oxygen atoms in total. The van der Waals surface area contributed by atoms with Crippen LogP contribution in [-0.2, 0) is 0 Å². The molecule has 1 N–H and O–H groups in total. The van der Waals surface area contributed by atoms with Crippen molar-refractivity contribution in [1.82, 2.24) is 0 Å². The molecule has 1 aromatic rings. The number of hydrogen-bond donors (Lipinski definition) is 1. The van der Waals surface area contributed by atoms with Crippen molar-refractivity contribution >= 4 is 5.57 Å². The summed E-state index contributed by atoms with van der Waals surface area (Å²) in [5.41, 5.74) is 1.49. The summed E-state index contributed by atoms with van der Waals surface area (Å²) >= 11 is 0. The van der Waals surface area contributed by atoms with E-state index in [9.17, 15) is 4.39 Å². The summed E-state index contributed by atoms with van der Waals surface area (Å²) in [5, 5.41) is 8.82. The molecule has 2 heteroatoms. The molecule has 0 aliphatic carbocycles. The molecule has 0 atom stereocenters. The number of phenolic OH excluding ortho intramolecular Hbond substituents is 1. The van der Waals surface area contributed by atoms with Gasteiger partial charge in [0.1, 0.15) is 0 Å². The van der Waals surface area contributed by atoms with E-state index in [1.54, 1.807) is 13.0 Å². The minimum Gasteiger partial charge on any atom is -0.505 e. The maximum Gasteiger partial charge on any atom is 0.165 e. The maximum atomic E-state index is 12.6. The predicted octanol–water partition coefficient (Wildman–Crippen LogP) is 2.56. The second-order valence-corrected chi connectivity index (χ2v) is 2.45. The molecule has 0 aromatic heterocycles. The van der Waals surface area contributed by atoms with Crippen LogP contribution < -0.4 is 0 Å². The molecule has 0 bridgehead atoms. The van der Waals surface area contributed by atoms with Gasteiger partial charge in [-0.15, -0.1) is 0 Å². The number of benzene rings is 1. The van der Waals surface area contributed by atoms with E-state index >= 15 is 0 Å². The van der Waals surface area contributed by atoms with Gasteiger partial charge in [0.25, 0.3) is 0 Å². The maximum absolute atomic E-state index is 12.6. The first-order chi connectivity index (χ1) is 5.11. The summed E-state index contributed by atoms with van der Waals surface area (Å²) in [6.45, 7) is 5.43. The Morgan fingerprint density at radius 3 is 2.64 bits per heavy atom. The monoisotopic (exact) mass is 152 g/mol. The second-order valence-electron chi connectivity index (χ2n) is 2.45. The molecule has 1 rings (SSSR count). The third-order valence-corrected chi connectivity index (χ3v) is 1.44. The minimum atomic E-state index is -0.606. The average molecular weight is 152 g/mol. The number of rotatable bonds is 1. The van der Waals surface area contributed by atoms with Crippen molar-refractivity contribution < 1.29 is 9.50 Å². The Bertz CT molecular complexity index is 292. The van der Waals surface area contributed by atoms with E-state index in [2.05, 4.69) is 6.58 Å². The van der Waals surface area contributed by atoms with Gasteiger partial charge in [-0.2, -0.15) is 0 Å². The first-order valence-corrected chi connectivity index (χ1v) is 3.25. The predicted molar refractivity (Wildman–Crippen MR) is 42.8 cm³/mol. The van der Waals surface area contributed by atoms with Crippen LogP contribution in [0.3, 0.4) is 0 Å². The van der Waals surface area contributed by atoms with Crippen molar-refractivity contribution in [2.75, 3.05) is 0 Å². The van der Waals surface area contributed by atoms with Crippen LogP contribution in [0.4, 0.5) is 4.39 Å². The van der Waals surface area contributed by atoms with Crippen LogP contribution in [0.5, 0.6) is 5.75 Å². The van der Waals surface area contributed by atoms with Gasteiger partial charge in [0, 0.05) is 0 Å². The molecule has 0 saturated heterocycles. The molecule has 0 radical (unpaired) electrons. The molecule has 0 amide bonds. The molecule has 0 aliphatic heterocycles. The molecule has 58 valence electrons. The summed E-state index contributed by atoms with van der Waals surface area (Å²) < 4.78 is 12.6. The SMILES string of the molecule is C=C(C)c1ccc(O)c(F)c1. The van der Waals surface area contributed by atoms with Crippen LogP contribution in [-0.4, -0.2) is 5.11 Å². The van der Waals surface area contributed by atoms with Crippen LogP contribution >= 0.6 is 0 Å². The van der Waals surface area contributed by atoms with Crippen molar-refractivity contribution in [3.05, 3.63) is 36.2 Å². The number of phenols is 1. The highest BCUT2D eigenvalue weighted by Crippen LogP contribution is 2.19. The van der Waals surface area contributed by atoms with Crippen molar-refractivity contribution in [1.29, 1.82) is 0 Å². The second kappa shape index (κ2) is 2.74. The van der Waals surface area contributed by atoms with Crippen molar-refractivity contribution in [2.45, 2.75) is 6.92 Å². The lowest BCUT2D eigenvalue weighted by molar-refractivity contribution is 0.432. The Balaban J connectivity index is 3.15. The van der Waals surface area contributed by atoms with Gasteiger partial charge in [0.15, 0.2) is 11.6 Å². The number of halogens is 1. The van der Waals surface area contributed by atoms with E-state index in [0.29, 0.717) is 5.56 Å².